The Morgan fingerprint density at radius 2 is 2.00 bits per heavy atom. The Morgan fingerprint density at radius 1 is 1.26 bits per heavy atom. The molecule has 1 fully saturated rings. The highest BCUT2D eigenvalue weighted by molar-refractivity contribution is 5.88. The second kappa shape index (κ2) is 7.30. The summed E-state index contributed by atoms with van der Waals surface area (Å²) in [5.41, 5.74) is 2.13. The van der Waals surface area contributed by atoms with Crippen molar-refractivity contribution in [2.75, 3.05) is 18.0 Å². The first-order chi connectivity index (χ1) is 13.1. The molecule has 0 unspecified atom stereocenters. The van der Waals surface area contributed by atoms with Crippen LogP contribution in [-0.4, -0.2) is 34.1 Å². The number of hydrogen-bond acceptors (Lipinski definition) is 6. The lowest BCUT2D eigenvalue weighted by molar-refractivity contribution is -0.125. The molecule has 140 valence electrons. The molecule has 0 spiro atoms. The van der Waals surface area contributed by atoms with E-state index in [4.69, 9.17) is 4.52 Å². The van der Waals surface area contributed by atoms with E-state index >= 15 is 0 Å². The van der Waals surface area contributed by atoms with Crippen LogP contribution in [0.3, 0.4) is 0 Å². The lowest BCUT2D eigenvalue weighted by Gasteiger charge is -2.32. The SMILES string of the molecule is Cc1noc2ncnc(N3CCC(C(=O)NCc4ccc(F)cc4)CC3)c12. The first kappa shape index (κ1) is 17.4. The summed E-state index contributed by atoms with van der Waals surface area (Å²) < 4.78 is 18.1. The van der Waals surface area contributed by atoms with Gasteiger partial charge in [-0.3, -0.25) is 4.79 Å². The number of benzene rings is 1. The highest BCUT2D eigenvalue weighted by atomic mass is 19.1. The number of rotatable bonds is 4. The standard InChI is InChI=1S/C19H20FN5O2/c1-12-16-17(22-11-23-19(16)27-24-12)25-8-6-14(7-9-25)18(26)21-10-13-2-4-15(20)5-3-13/h2-5,11,14H,6-10H2,1H3,(H,21,26). The minimum Gasteiger partial charge on any atom is -0.356 e. The van der Waals surface area contributed by atoms with Crippen molar-refractivity contribution >= 4 is 22.8 Å². The molecule has 3 aromatic rings. The maximum absolute atomic E-state index is 12.9. The maximum atomic E-state index is 12.9. The first-order valence-corrected chi connectivity index (χ1v) is 8.96. The van der Waals surface area contributed by atoms with Gasteiger partial charge in [0.2, 0.25) is 5.91 Å². The number of nitrogens with one attached hydrogen (secondary N) is 1. The van der Waals surface area contributed by atoms with Gasteiger partial charge in [0, 0.05) is 25.6 Å². The van der Waals surface area contributed by atoms with Crippen LogP contribution in [-0.2, 0) is 11.3 Å². The molecule has 7 nitrogen and oxygen atoms in total. The molecule has 27 heavy (non-hydrogen) atoms. The van der Waals surface area contributed by atoms with Gasteiger partial charge < -0.3 is 14.7 Å². The van der Waals surface area contributed by atoms with Gasteiger partial charge in [-0.15, -0.1) is 0 Å². The van der Waals surface area contributed by atoms with Gasteiger partial charge in [0.05, 0.1) is 5.69 Å². The van der Waals surface area contributed by atoms with E-state index in [2.05, 4.69) is 25.3 Å². The number of carbonyl (C=O) groups excluding carboxylic acids is 1. The predicted octanol–water partition coefficient (Wildman–Crippen LogP) is 2.60. The molecule has 1 saturated heterocycles. The minimum absolute atomic E-state index is 0.0352. The van der Waals surface area contributed by atoms with Gasteiger partial charge in [-0.25, -0.2) is 9.37 Å². The molecule has 0 radical (unpaired) electrons. The Hall–Kier alpha value is -3.03. The van der Waals surface area contributed by atoms with Crippen LogP contribution in [0.1, 0.15) is 24.1 Å². The van der Waals surface area contributed by atoms with Crippen LogP contribution in [0.25, 0.3) is 11.1 Å². The summed E-state index contributed by atoms with van der Waals surface area (Å²) in [5, 5.41) is 7.74. The molecule has 0 atom stereocenters. The number of amides is 1. The van der Waals surface area contributed by atoms with Crippen molar-refractivity contribution in [3.05, 3.63) is 47.7 Å². The second-order valence-electron chi connectivity index (χ2n) is 6.75. The number of nitrogens with zero attached hydrogens (tertiary/aromatic N) is 4. The van der Waals surface area contributed by atoms with E-state index in [1.54, 1.807) is 12.1 Å². The normalized spacial score (nSPS) is 15.3. The molecular weight excluding hydrogens is 349 g/mol. The summed E-state index contributed by atoms with van der Waals surface area (Å²) in [7, 11) is 0. The van der Waals surface area contributed by atoms with Crippen LogP contribution in [0.4, 0.5) is 10.2 Å². The summed E-state index contributed by atoms with van der Waals surface area (Å²) in [4.78, 5) is 23.1. The van der Waals surface area contributed by atoms with Crippen molar-refractivity contribution in [2.24, 2.45) is 5.92 Å². The van der Waals surface area contributed by atoms with Gasteiger partial charge in [-0.1, -0.05) is 17.3 Å². The Labute approximate surface area is 155 Å². The van der Waals surface area contributed by atoms with E-state index < -0.39 is 0 Å². The minimum atomic E-state index is -0.278. The fourth-order valence-corrected chi connectivity index (χ4v) is 3.43. The highest BCUT2D eigenvalue weighted by Gasteiger charge is 2.27. The van der Waals surface area contributed by atoms with E-state index in [1.165, 1.54) is 18.5 Å². The molecule has 1 aliphatic heterocycles. The zero-order chi connectivity index (χ0) is 18.8. The third-order valence-corrected chi connectivity index (χ3v) is 4.97. The molecule has 1 N–H and O–H groups in total. The number of anilines is 1. The second-order valence-corrected chi connectivity index (χ2v) is 6.75. The smallest absolute Gasteiger partial charge is 0.263 e. The summed E-state index contributed by atoms with van der Waals surface area (Å²) in [6, 6.07) is 6.16. The lowest BCUT2D eigenvalue weighted by Crippen LogP contribution is -2.40. The molecule has 0 saturated carbocycles. The van der Waals surface area contributed by atoms with Gasteiger partial charge in [-0.05, 0) is 37.5 Å². The van der Waals surface area contributed by atoms with Gasteiger partial charge in [0.15, 0.2) is 0 Å². The molecule has 4 rings (SSSR count). The Morgan fingerprint density at radius 3 is 2.74 bits per heavy atom. The topological polar surface area (TPSA) is 84.2 Å². The molecule has 1 aromatic carbocycles. The third-order valence-electron chi connectivity index (χ3n) is 4.97. The summed E-state index contributed by atoms with van der Waals surface area (Å²) in [6.45, 7) is 3.73. The van der Waals surface area contributed by atoms with E-state index in [1.807, 2.05) is 6.92 Å². The van der Waals surface area contributed by atoms with Crippen molar-refractivity contribution < 1.29 is 13.7 Å². The lowest BCUT2D eigenvalue weighted by atomic mass is 9.95. The Bertz CT molecular complexity index is 948. The largest absolute Gasteiger partial charge is 0.356 e. The van der Waals surface area contributed by atoms with Gasteiger partial charge in [0.1, 0.15) is 23.3 Å². The average molecular weight is 369 g/mol. The molecular formula is C19H20FN5O2. The Kier molecular flexibility index (Phi) is 4.70. The summed E-state index contributed by atoms with van der Waals surface area (Å²) >= 11 is 0. The van der Waals surface area contributed by atoms with E-state index in [9.17, 15) is 9.18 Å². The number of aryl methyl sites for hydroxylation is 1. The van der Waals surface area contributed by atoms with Crippen molar-refractivity contribution in [1.29, 1.82) is 0 Å². The van der Waals surface area contributed by atoms with Crippen molar-refractivity contribution in [1.82, 2.24) is 20.4 Å². The molecule has 0 bridgehead atoms. The fraction of sp³-hybridized carbons (Fsp3) is 0.368. The van der Waals surface area contributed by atoms with Crippen LogP contribution in [0.15, 0.2) is 35.1 Å². The Balaban J connectivity index is 1.36. The number of hydrogen-bond donors (Lipinski definition) is 1. The van der Waals surface area contributed by atoms with Crippen LogP contribution in [0.2, 0.25) is 0 Å². The van der Waals surface area contributed by atoms with E-state index in [-0.39, 0.29) is 17.6 Å². The molecule has 8 heteroatoms. The van der Waals surface area contributed by atoms with Gasteiger partial charge in [0.25, 0.3) is 5.71 Å². The highest BCUT2D eigenvalue weighted by Crippen LogP contribution is 2.29. The monoisotopic (exact) mass is 369 g/mol. The van der Waals surface area contributed by atoms with Crippen LogP contribution >= 0.6 is 0 Å². The van der Waals surface area contributed by atoms with Crippen LogP contribution in [0, 0.1) is 18.7 Å². The molecule has 2 aromatic heterocycles. The molecule has 0 aliphatic carbocycles. The fourth-order valence-electron chi connectivity index (χ4n) is 3.43. The van der Waals surface area contributed by atoms with Crippen molar-refractivity contribution in [3.8, 4) is 0 Å². The number of fused-ring (bicyclic) bond motifs is 1. The van der Waals surface area contributed by atoms with Gasteiger partial charge in [-0.2, -0.15) is 4.98 Å². The number of aromatic nitrogens is 3. The zero-order valence-electron chi connectivity index (χ0n) is 15.0. The molecule has 1 amide bonds. The first-order valence-electron chi connectivity index (χ1n) is 8.96. The van der Waals surface area contributed by atoms with Crippen LogP contribution < -0.4 is 10.2 Å². The summed E-state index contributed by atoms with van der Waals surface area (Å²) in [6.07, 6.45) is 2.96. The van der Waals surface area contributed by atoms with Crippen molar-refractivity contribution in [2.45, 2.75) is 26.3 Å². The maximum Gasteiger partial charge on any atom is 0.263 e. The molecule has 1 aliphatic rings. The predicted molar refractivity (Wildman–Crippen MR) is 97.5 cm³/mol. The summed E-state index contributed by atoms with van der Waals surface area (Å²) in [5.74, 6) is 0.527. The van der Waals surface area contributed by atoms with Crippen LogP contribution in [0.5, 0.6) is 0 Å². The quantitative estimate of drug-likeness (QED) is 0.761. The third kappa shape index (κ3) is 3.60. The van der Waals surface area contributed by atoms with E-state index in [0.29, 0.717) is 12.3 Å². The average Bonchev–Trinajstić information content (AvgIpc) is 3.09. The number of halogens is 1. The van der Waals surface area contributed by atoms with Gasteiger partial charge >= 0.3 is 0 Å². The zero-order valence-corrected chi connectivity index (χ0v) is 15.0. The van der Waals surface area contributed by atoms with Crippen molar-refractivity contribution in [3.63, 3.8) is 0 Å². The molecule has 3 heterocycles. The number of carbonyl (C=O) groups is 1. The number of piperidine rings is 1. The van der Waals surface area contributed by atoms with E-state index in [0.717, 1.165) is 48.4 Å².